The molecule has 0 spiro atoms. The largest absolute Gasteiger partial charge is 0.494 e. The Kier molecular flexibility index (Phi) is 6.04. The number of rotatable bonds is 6. The van der Waals surface area contributed by atoms with E-state index in [0.717, 1.165) is 0 Å². The summed E-state index contributed by atoms with van der Waals surface area (Å²) in [5.41, 5.74) is 1.00. The summed E-state index contributed by atoms with van der Waals surface area (Å²) < 4.78 is 61.4. The Hall–Kier alpha value is -1.95. The molecular formula is C18H26N4O5S2. The molecule has 0 N–H and O–H groups in total. The molecule has 11 heteroatoms. The van der Waals surface area contributed by atoms with Crippen molar-refractivity contribution in [3.05, 3.63) is 35.7 Å². The molecule has 0 unspecified atom stereocenters. The Morgan fingerprint density at radius 2 is 1.45 bits per heavy atom. The fraction of sp³-hybridized carbons (Fsp3) is 0.500. The van der Waals surface area contributed by atoms with Crippen molar-refractivity contribution in [3.63, 3.8) is 0 Å². The van der Waals surface area contributed by atoms with E-state index in [1.54, 1.807) is 33.0 Å². The smallest absolute Gasteiger partial charge is 0.246 e. The van der Waals surface area contributed by atoms with Gasteiger partial charge in [-0.25, -0.2) is 16.8 Å². The van der Waals surface area contributed by atoms with Crippen LogP contribution in [0.15, 0.2) is 34.1 Å². The summed E-state index contributed by atoms with van der Waals surface area (Å²) in [7, 11) is -5.74. The number of sulfonamides is 2. The van der Waals surface area contributed by atoms with E-state index in [9.17, 15) is 16.8 Å². The molecule has 1 saturated heterocycles. The first-order chi connectivity index (χ1) is 13.6. The normalized spacial score (nSPS) is 16.8. The second-order valence-electron chi connectivity index (χ2n) is 6.84. The lowest BCUT2D eigenvalue weighted by atomic mass is 10.3. The van der Waals surface area contributed by atoms with Gasteiger partial charge in [-0.05, 0) is 45.0 Å². The molecule has 1 fully saturated rings. The standard InChI is InChI=1S/C18H26N4O5S2/c1-5-27-16-6-8-17(9-7-16)28(23,24)21-10-12-22(13-11-21)29(25,26)18-14(2)19-20(4)15(18)3/h6-9H,5,10-13H2,1-4H3. The number of piperazine rings is 1. The lowest BCUT2D eigenvalue weighted by molar-refractivity contribution is 0.272. The molecule has 0 aliphatic carbocycles. The van der Waals surface area contributed by atoms with Crippen LogP contribution in [0, 0.1) is 13.8 Å². The minimum atomic E-state index is -3.74. The maximum atomic E-state index is 13.1. The molecular weight excluding hydrogens is 416 g/mol. The Balaban J connectivity index is 1.75. The van der Waals surface area contributed by atoms with Crippen molar-refractivity contribution < 1.29 is 21.6 Å². The number of aryl methyl sites for hydroxylation is 2. The third-order valence-corrected chi connectivity index (χ3v) is 9.08. The van der Waals surface area contributed by atoms with Crippen LogP contribution in [0.25, 0.3) is 0 Å². The van der Waals surface area contributed by atoms with Gasteiger partial charge in [-0.1, -0.05) is 0 Å². The van der Waals surface area contributed by atoms with E-state index in [1.165, 1.54) is 25.4 Å². The van der Waals surface area contributed by atoms with E-state index >= 15 is 0 Å². The number of ether oxygens (including phenoxy) is 1. The summed E-state index contributed by atoms with van der Waals surface area (Å²) in [5, 5.41) is 4.18. The average molecular weight is 443 g/mol. The molecule has 3 rings (SSSR count). The third-order valence-electron chi connectivity index (χ3n) is 5.01. The van der Waals surface area contributed by atoms with Crippen LogP contribution in [0.3, 0.4) is 0 Å². The average Bonchev–Trinajstić information content (AvgIpc) is 2.95. The van der Waals surface area contributed by atoms with Crippen molar-refractivity contribution in [2.24, 2.45) is 7.05 Å². The van der Waals surface area contributed by atoms with E-state index in [2.05, 4.69) is 5.10 Å². The van der Waals surface area contributed by atoms with Crippen LogP contribution in [-0.4, -0.2) is 68.0 Å². The third kappa shape index (κ3) is 4.04. The van der Waals surface area contributed by atoms with Crippen LogP contribution in [0.1, 0.15) is 18.3 Å². The van der Waals surface area contributed by atoms with Crippen molar-refractivity contribution in [1.29, 1.82) is 0 Å². The highest BCUT2D eigenvalue weighted by Crippen LogP contribution is 2.26. The molecule has 0 saturated carbocycles. The molecule has 29 heavy (non-hydrogen) atoms. The van der Waals surface area contributed by atoms with Crippen molar-refractivity contribution in [2.75, 3.05) is 32.8 Å². The van der Waals surface area contributed by atoms with Crippen LogP contribution in [-0.2, 0) is 27.1 Å². The van der Waals surface area contributed by atoms with Gasteiger partial charge in [0.2, 0.25) is 20.0 Å². The first-order valence-electron chi connectivity index (χ1n) is 9.32. The zero-order chi connectivity index (χ0) is 21.4. The van der Waals surface area contributed by atoms with Gasteiger partial charge in [0.1, 0.15) is 10.6 Å². The molecule has 1 aliphatic heterocycles. The van der Waals surface area contributed by atoms with E-state index < -0.39 is 20.0 Å². The number of aromatic nitrogens is 2. The number of hydrogen-bond acceptors (Lipinski definition) is 6. The zero-order valence-corrected chi connectivity index (χ0v) is 18.6. The predicted molar refractivity (Wildman–Crippen MR) is 108 cm³/mol. The number of benzene rings is 1. The highest BCUT2D eigenvalue weighted by atomic mass is 32.2. The highest BCUT2D eigenvalue weighted by molar-refractivity contribution is 7.89. The Morgan fingerprint density at radius 1 is 0.931 bits per heavy atom. The van der Waals surface area contributed by atoms with E-state index in [4.69, 9.17) is 4.74 Å². The van der Waals surface area contributed by atoms with Crippen LogP contribution in [0.2, 0.25) is 0 Å². The van der Waals surface area contributed by atoms with Gasteiger partial charge in [0, 0.05) is 33.2 Å². The molecule has 1 aliphatic rings. The topological polar surface area (TPSA) is 102 Å². The van der Waals surface area contributed by atoms with Gasteiger partial charge in [0.05, 0.1) is 22.9 Å². The van der Waals surface area contributed by atoms with Crippen LogP contribution in [0.5, 0.6) is 5.75 Å². The van der Waals surface area contributed by atoms with E-state index in [0.29, 0.717) is 23.7 Å². The van der Waals surface area contributed by atoms with Crippen LogP contribution < -0.4 is 4.74 Å². The summed E-state index contributed by atoms with van der Waals surface area (Å²) in [4.78, 5) is 0.360. The Bertz CT molecular complexity index is 1080. The van der Waals surface area contributed by atoms with Crippen molar-refractivity contribution in [3.8, 4) is 5.75 Å². The fourth-order valence-electron chi connectivity index (χ4n) is 3.43. The van der Waals surface area contributed by atoms with Gasteiger partial charge in [0.25, 0.3) is 0 Å². The Labute approximate surface area is 172 Å². The quantitative estimate of drug-likeness (QED) is 0.665. The second kappa shape index (κ2) is 8.05. The van der Waals surface area contributed by atoms with Gasteiger partial charge < -0.3 is 4.74 Å². The highest BCUT2D eigenvalue weighted by Gasteiger charge is 2.36. The van der Waals surface area contributed by atoms with E-state index in [1.807, 2.05) is 6.92 Å². The molecule has 0 amide bonds. The molecule has 2 aromatic rings. The molecule has 1 aromatic heterocycles. The zero-order valence-electron chi connectivity index (χ0n) is 17.0. The van der Waals surface area contributed by atoms with Crippen molar-refractivity contribution in [1.82, 2.24) is 18.4 Å². The maximum absolute atomic E-state index is 13.1. The number of hydrogen-bond donors (Lipinski definition) is 0. The lowest BCUT2D eigenvalue weighted by Gasteiger charge is -2.33. The maximum Gasteiger partial charge on any atom is 0.246 e. The van der Waals surface area contributed by atoms with Crippen molar-refractivity contribution in [2.45, 2.75) is 30.6 Å². The van der Waals surface area contributed by atoms with Crippen LogP contribution >= 0.6 is 0 Å². The molecule has 9 nitrogen and oxygen atoms in total. The summed E-state index contributed by atoms with van der Waals surface area (Å²) in [6, 6.07) is 6.24. The van der Waals surface area contributed by atoms with Gasteiger partial charge in [0.15, 0.2) is 0 Å². The summed E-state index contributed by atoms with van der Waals surface area (Å²) >= 11 is 0. The fourth-order valence-corrected chi connectivity index (χ4v) is 6.67. The molecule has 2 heterocycles. The monoisotopic (exact) mass is 442 g/mol. The van der Waals surface area contributed by atoms with Crippen LogP contribution in [0.4, 0.5) is 0 Å². The molecule has 1 aromatic carbocycles. The summed E-state index contributed by atoms with van der Waals surface area (Å²) in [5.74, 6) is 0.601. The van der Waals surface area contributed by atoms with Crippen molar-refractivity contribution >= 4 is 20.0 Å². The van der Waals surface area contributed by atoms with Gasteiger partial charge in [-0.15, -0.1) is 0 Å². The molecule has 0 radical (unpaired) electrons. The molecule has 0 atom stereocenters. The molecule has 160 valence electrons. The summed E-state index contributed by atoms with van der Waals surface area (Å²) in [6.45, 7) is 6.08. The molecule has 0 bridgehead atoms. The van der Waals surface area contributed by atoms with Gasteiger partial charge in [-0.3, -0.25) is 4.68 Å². The second-order valence-corrected chi connectivity index (χ2v) is 10.6. The van der Waals surface area contributed by atoms with Gasteiger partial charge >= 0.3 is 0 Å². The van der Waals surface area contributed by atoms with E-state index in [-0.39, 0.29) is 36.0 Å². The predicted octanol–water partition coefficient (Wildman–Crippen LogP) is 1.13. The SMILES string of the molecule is CCOc1ccc(S(=O)(=O)N2CCN(S(=O)(=O)c3c(C)nn(C)c3C)CC2)cc1. The number of nitrogens with zero attached hydrogens (tertiary/aromatic N) is 4. The van der Waals surface area contributed by atoms with Gasteiger partial charge in [-0.2, -0.15) is 13.7 Å². The Morgan fingerprint density at radius 3 is 1.90 bits per heavy atom. The first-order valence-corrected chi connectivity index (χ1v) is 12.2. The first kappa shape index (κ1) is 21.8. The summed E-state index contributed by atoms with van der Waals surface area (Å²) in [6.07, 6.45) is 0. The minimum absolute atomic E-state index is 0.0896. The minimum Gasteiger partial charge on any atom is -0.494 e. The lowest BCUT2D eigenvalue weighted by Crippen LogP contribution is -2.50.